The van der Waals surface area contributed by atoms with Crippen molar-refractivity contribution in [3.05, 3.63) is 29.8 Å². The standard InChI is InChI=1S/C16H19N3O4/c1-16(2,3)23-14(20)18-9-13-10-19(15(21)22-13)12-6-4-11(8-17)5-7-12/h4-7,13H,9-10H2,1-3H3,(H,18,20)/t13-/m0/s1. The van der Waals surface area contributed by atoms with Crippen molar-refractivity contribution in [3.8, 4) is 6.07 Å². The zero-order valence-electron chi connectivity index (χ0n) is 13.3. The number of nitrogens with one attached hydrogen (secondary N) is 1. The average Bonchev–Trinajstić information content (AvgIpc) is 2.85. The van der Waals surface area contributed by atoms with Crippen LogP contribution in [-0.2, 0) is 9.47 Å². The van der Waals surface area contributed by atoms with Gasteiger partial charge in [-0.3, -0.25) is 4.90 Å². The van der Waals surface area contributed by atoms with Gasteiger partial charge in [0.2, 0.25) is 0 Å². The number of hydrogen-bond donors (Lipinski definition) is 1. The van der Waals surface area contributed by atoms with Crippen LogP contribution >= 0.6 is 0 Å². The van der Waals surface area contributed by atoms with E-state index in [4.69, 9.17) is 14.7 Å². The monoisotopic (exact) mass is 317 g/mol. The summed E-state index contributed by atoms with van der Waals surface area (Å²) in [5.41, 5.74) is 0.587. The number of anilines is 1. The number of nitrogens with zero attached hydrogens (tertiary/aromatic N) is 2. The Bertz CT molecular complexity index is 628. The molecule has 0 saturated carbocycles. The van der Waals surface area contributed by atoms with Crippen LogP contribution in [0.3, 0.4) is 0 Å². The summed E-state index contributed by atoms with van der Waals surface area (Å²) >= 11 is 0. The van der Waals surface area contributed by atoms with Crippen LogP contribution in [0.4, 0.5) is 15.3 Å². The molecule has 1 aliphatic heterocycles. The molecule has 122 valence electrons. The fraction of sp³-hybridized carbons (Fsp3) is 0.438. The summed E-state index contributed by atoms with van der Waals surface area (Å²) in [4.78, 5) is 25.0. The van der Waals surface area contributed by atoms with Gasteiger partial charge < -0.3 is 14.8 Å². The molecular formula is C16H19N3O4. The Morgan fingerprint density at radius 2 is 2.09 bits per heavy atom. The Labute approximate surface area is 134 Å². The number of rotatable bonds is 3. The van der Waals surface area contributed by atoms with Gasteiger partial charge in [-0.1, -0.05) is 0 Å². The van der Waals surface area contributed by atoms with Gasteiger partial charge in [0.05, 0.1) is 24.7 Å². The first-order chi connectivity index (χ1) is 10.8. The minimum atomic E-state index is -0.578. The van der Waals surface area contributed by atoms with Gasteiger partial charge in [-0.25, -0.2) is 9.59 Å². The molecule has 1 saturated heterocycles. The third-order valence-electron chi connectivity index (χ3n) is 3.06. The van der Waals surface area contributed by atoms with Crippen molar-refractivity contribution in [2.45, 2.75) is 32.5 Å². The fourth-order valence-corrected chi connectivity index (χ4v) is 2.07. The predicted octanol–water partition coefficient (Wildman–Crippen LogP) is 2.41. The van der Waals surface area contributed by atoms with E-state index in [9.17, 15) is 9.59 Å². The molecule has 0 bridgehead atoms. The first-order valence-electron chi connectivity index (χ1n) is 7.23. The number of nitriles is 1. The third-order valence-corrected chi connectivity index (χ3v) is 3.06. The van der Waals surface area contributed by atoms with Crippen LogP contribution in [0.5, 0.6) is 0 Å². The van der Waals surface area contributed by atoms with Gasteiger partial charge in [0, 0.05) is 5.69 Å². The fourth-order valence-electron chi connectivity index (χ4n) is 2.07. The molecule has 1 heterocycles. The van der Waals surface area contributed by atoms with Crippen molar-refractivity contribution >= 4 is 17.9 Å². The molecule has 7 heteroatoms. The molecule has 2 rings (SSSR count). The van der Waals surface area contributed by atoms with Gasteiger partial charge in [-0.15, -0.1) is 0 Å². The van der Waals surface area contributed by atoms with E-state index >= 15 is 0 Å². The van der Waals surface area contributed by atoms with E-state index in [1.807, 2.05) is 6.07 Å². The van der Waals surface area contributed by atoms with Crippen LogP contribution in [-0.4, -0.2) is 37.0 Å². The first-order valence-corrected chi connectivity index (χ1v) is 7.23. The van der Waals surface area contributed by atoms with Gasteiger partial charge in [0.1, 0.15) is 11.7 Å². The van der Waals surface area contributed by atoms with Gasteiger partial charge in [-0.05, 0) is 45.0 Å². The Balaban J connectivity index is 1.89. The number of alkyl carbamates (subject to hydrolysis) is 1. The predicted molar refractivity (Wildman–Crippen MR) is 83.0 cm³/mol. The lowest BCUT2D eigenvalue weighted by Crippen LogP contribution is -2.38. The molecule has 1 N–H and O–H groups in total. The summed E-state index contributed by atoms with van der Waals surface area (Å²) in [6.45, 7) is 5.81. The maximum absolute atomic E-state index is 11.9. The number of carbonyl (C=O) groups excluding carboxylic acids is 2. The number of cyclic esters (lactones) is 1. The second-order valence-electron chi connectivity index (χ2n) is 6.16. The molecule has 1 aliphatic rings. The normalized spacial score (nSPS) is 17.4. The highest BCUT2D eigenvalue weighted by molar-refractivity contribution is 5.89. The summed E-state index contributed by atoms with van der Waals surface area (Å²) in [7, 11) is 0. The summed E-state index contributed by atoms with van der Waals surface area (Å²) in [6, 6.07) is 8.66. The number of ether oxygens (including phenoxy) is 2. The lowest BCUT2D eigenvalue weighted by Gasteiger charge is -2.20. The van der Waals surface area contributed by atoms with Crippen LogP contribution < -0.4 is 10.2 Å². The van der Waals surface area contributed by atoms with Gasteiger partial charge >= 0.3 is 12.2 Å². The van der Waals surface area contributed by atoms with E-state index in [0.717, 1.165) is 0 Å². The molecule has 7 nitrogen and oxygen atoms in total. The van der Waals surface area contributed by atoms with Gasteiger partial charge in [0.25, 0.3) is 0 Å². The number of amides is 2. The van der Waals surface area contributed by atoms with E-state index in [0.29, 0.717) is 17.8 Å². The van der Waals surface area contributed by atoms with Crippen LogP contribution in [0.15, 0.2) is 24.3 Å². The van der Waals surface area contributed by atoms with Crippen LogP contribution in [0.1, 0.15) is 26.3 Å². The molecule has 0 radical (unpaired) electrons. The minimum absolute atomic E-state index is 0.174. The van der Waals surface area contributed by atoms with E-state index in [-0.39, 0.29) is 6.54 Å². The highest BCUT2D eigenvalue weighted by Crippen LogP contribution is 2.21. The number of carbonyl (C=O) groups is 2. The Morgan fingerprint density at radius 1 is 1.43 bits per heavy atom. The molecule has 1 aromatic rings. The molecule has 0 spiro atoms. The summed E-state index contributed by atoms with van der Waals surface area (Å²) in [5, 5.41) is 11.4. The van der Waals surface area contributed by atoms with Crippen molar-refractivity contribution in [2.75, 3.05) is 18.0 Å². The molecule has 23 heavy (non-hydrogen) atoms. The molecule has 1 aromatic carbocycles. The van der Waals surface area contributed by atoms with Crippen LogP contribution in [0, 0.1) is 11.3 Å². The third kappa shape index (κ3) is 4.61. The smallest absolute Gasteiger partial charge is 0.414 e. The van der Waals surface area contributed by atoms with Gasteiger partial charge in [-0.2, -0.15) is 5.26 Å². The topological polar surface area (TPSA) is 91.7 Å². The zero-order valence-corrected chi connectivity index (χ0v) is 13.3. The quantitative estimate of drug-likeness (QED) is 0.924. The molecular weight excluding hydrogens is 298 g/mol. The summed E-state index contributed by atoms with van der Waals surface area (Å²) < 4.78 is 10.3. The van der Waals surface area contributed by atoms with Crippen LogP contribution in [0.25, 0.3) is 0 Å². The van der Waals surface area contributed by atoms with E-state index in [1.165, 1.54) is 4.90 Å². The van der Waals surface area contributed by atoms with Crippen molar-refractivity contribution < 1.29 is 19.1 Å². The van der Waals surface area contributed by atoms with Crippen molar-refractivity contribution in [3.63, 3.8) is 0 Å². The van der Waals surface area contributed by atoms with Crippen molar-refractivity contribution in [1.29, 1.82) is 5.26 Å². The Kier molecular flexibility index (Phi) is 4.74. The molecule has 2 amide bonds. The molecule has 1 atom stereocenters. The van der Waals surface area contributed by atoms with Crippen molar-refractivity contribution in [2.24, 2.45) is 0 Å². The second kappa shape index (κ2) is 6.57. The molecule has 0 aromatic heterocycles. The number of hydrogen-bond acceptors (Lipinski definition) is 5. The average molecular weight is 317 g/mol. The highest BCUT2D eigenvalue weighted by atomic mass is 16.6. The van der Waals surface area contributed by atoms with E-state index < -0.39 is 23.9 Å². The van der Waals surface area contributed by atoms with Gasteiger partial charge in [0.15, 0.2) is 0 Å². The summed E-state index contributed by atoms with van der Waals surface area (Å²) in [5.74, 6) is 0. The minimum Gasteiger partial charge on any atom is -0.444 e. The lowest BCUT2D eigenvalue weighted by molar-refractivity contribution is 0.0496. The van der Waals surface area contributed by atoms with E-state index in [2.05, 4.69) is 5.32 Å². The maximum Gasteiger partial charge on any atom is 0.414 e. The van der Waals surface area contributed by atoms with Crippen molar-refractivity contribution in [1.82, 2.24) is 5.32 Å². The first kappa shape index (κ1) is 16.6. The van der Waals surface area contributed by atoms with Crippen LogP contribution in [0.2, 0.25) is 0 Å². The zero-order chi connectivity index (χ0) is 17.0. The van der Waals surface area contributed by atoms with E-state index in [1.54, 1.807) is 45.0 Å². The maximum atomic E-state index is 11.9. The molecule has 0 aliphatic carbocycles. The molecule has 0 unspecified atom stereocenters. The lowest BCUT2D eigenvalue weighted by atomic mass is 10.2. The Morgan fingerprint density at radius 3 is 2.65 bits per heavy atom. The Hall–Kier alpha value is -2.75. The largest absolute Gasteiger partial charge is 0.444 e. The highest BCUT2D eigenvalue weighted by Gasteiger charge is 2.32. The molecule has 1 fully saturated rings. The SMILES string of the molecule is CC(C)(C)OC(=O)NC[C@H]1CN(c2ccc(C#N)cc2)C(=O)O1. The second-order valence-corrected chi connectivity index (χ2v) is 6.16. The number of benzene rings is 1. The summed E-state index contributed by atoms with van der Waals surface area (Å²) in [6.07, 6.45) is -1.48.